The van der Waals surface area contributed by atoms with Gasteiger partial charge in [0, 0.05) is 17.8 Å². The number of fused-ring (bicyclic) bond motifs is 1. The van der Waals surface area contributed by atoms with Crippen molar-refractivity contribution in [3.05, 3.63) is 58.8 Å². The third-order valence-electron chi connectivity index (χ3n) is 4.27. The van der Waals surface area contributed by atoms with Gasteiger partial charge < -0.3 is 9.72 Å². The molecule has 25 heavy (non-hydrogen) atoms. The molecule has 0 bridgehead atoms. The van der Waals surface area contributed by atoms with E-state index in [2.05, 4.69) is 9.71 Å². The van der Waals surface area contributed by atoms with Gasteiger partial charge in [-0.05, 0) is 73.2 Å². The molecule has 0 radical (unpaired) electrons. The molecular formula is C19H22N2O3S. The zero-order valence-electron chi connectivity index (χ0n) is 14.8. The van der Waals surface area contributed by atoms with E-state index in [0.717, 1.165) is 27.7 Å². The van der Waals surface area contributed by atoms with Gasteiger partial charge in [0.05, 0.1) is 12.0 Å². The number of ether oxygens (including phenoxy) is 1. The number of benzene rings is 2. The van der Waals surface area contributed by atoms with Crippen molar-refractivity contribution in [1.82, 2.24) is 9.71 Å². The largest absolute Gasteiger partial charge is 0.496 e. The molecule has 1 aromatic heterocycles. The van der Waals surface area contributed by atoms with E-state index in [1.807, 2.05) is 38.1 Å². The number of aromatic amines is 1. The maximum Gasteiger partial charge on any atom is 0.241 e. The molecule has 6 heteroatoms. The molecule has 132 valence electrons. The molecular weight excluding hydrogens is 336 g/mol. The number of aromatic nitrogens is 1. The van der Waals surface area contributed by atoms with E-state index < -0.39 is 10.0 Å². The van der Waals surface area contributed by atoms with Gasteiger partial charge in [0.15, 0.2) is 0 Å². The lowest BCUT2D eigenvalue weighted by atomic mass is 10.1. The van der Waals surface area contributed by atoms with Crippen LogP contribution in [0.1, 0.15) is 22.4 Å². The Morgan fingerprint density at radius 1 is 1.04 bits per heavy atom. The smallest absolute Gasteiger partial charge is 0.241 e. The number of aryl methyl sites for hydroxylation is 3. The Bertz CT molecular complexity index is 1040. The van der Waals surface area contributed by atoms with Crippen LogP contribution >= 0.6 is 0 Å². The number of hydrogen-bond donors (Lipinski definition) is 2. The van der Waals surface area contributed by atoms with Crippen molar-refractivity contribution in [2.45, 2.75) is 32.2 Å². The van der Waals surface area contributed by atoms with Crippen LogP contribution in [0.5, 0.6) is 5.75 Å². The lowest BCUT2D eigenvalue weighted by Crippen LogP contribution is -2.24. The number of sulfonamides is 1. The van der Waals surface area contributed by atoms with Crippen molar-refractivity contribution in [1.29, 1.82) is 0 Å². The minimum absolute atomic E-state index is 0.243. The molecule has 5 nitrogen and oxygen atoms in total. The lowest BCUT2D eigenvalue weighted by molar-refractivity contribution is 0.411. The Kier molecular flexibility index (Phi) is 4.58. The quantitative estimate of drug-likeness (QED) is 0.732. The molecule has 0 unspecified atom stereocenters. The summed E-state index contributed by atoms with van der Waals surface area (Å²) in [6, 6.07) is 11.3. The van der Waals surface area contributed by atoms with Gasteiger partial charge in [0.1, 0.15) is 5.75 Å². The highest BCUT2D eigenvalue weighted by Crippen LogP contribution is 2.25. The van der Waals surface area contributed by atoms with Gasteiger partial charge in [-0.25, -0.2) is 13.1 Å². The Morgan fingerprint density at radius 2 is 1.80 bits per heavy atom. The predicted octanol–water partition coefficient (Wildman–Crippen LogP) is 3.58. The molecule has 0 saturated heterocycles. The normalized spacial score (nSPS) is 11.8. The Hall–Kier alpha value is -2.31. The summed E-state index contributed by atoms with van der Waals surface area (Å²) in [5, 5.41) is 1.07. The molecule has 2 aromatic carbocycles. The zero-order chi connectivity index (χ0) is 18.2. The number of rotatable bonds is 5. The first-order valence-corrected chi connectivity index (χ1v) is 9.51. The summed E-state index contributed by atoms with van der Waals surface area (Å²) >= 11 is 0. The van der Waals surface area contributed by atoms with Crippen LogP contribution in [0, 0.1) is 20.8 Å². The minimum atomic E-state index is -3.60. The van der Waals surface area contributed by atoms with E-state index in [4.69, 9.17) is 4.74 Å². The van der Waals surface area contributed by atoms with E-state index >= 15 is 0 Å². The zero-order valence-corrected chi connectivity index (χ0v) is 15.6. The first-order chi connectivity index (χ1) is 11.8. The summed E-state index contributed by atoms with van der Waals surface area (Å²) < 4.78 is 33.3. The van der Waals surface area contributed by atoms with Crippen LogP contribution in [-0.4, -0.2) is 20.5 Å². The molecule has 0 spiro atoms. The summed E-state index contributed by atoms with van der Waals surface area (Å²) in [4.78, 5) is 3.54. The topological polar surface area (TPSA) is 71.2 Å². The van der Waals surface area contributed by atoms with E-state index in [-0.39, 0.29) is 11.4 Å². The third-order valence-corrected chi connectivity index (χ3v) is 5.81. The lowest BCUT2D eigenvalue weighted by Gasteiger charge is -2.13. The summed E-state index contributed by atoms with van der Waals surface area (Å²) in [5.74, 6) is 0.685. The highest BCUT2D eigenvalue weighted by Gasteiger charge is 2.18. The predicted molar refractivity (Wildman–Crippen MR) is 99.5 cm³/mol. The fraction of sp³-hybridized carbons (Fsp3) is 0.263. The van der Waals surface area contributed by atoms with Crippen molar-refractivity contribution in [2.75, 3.05) is 7.11 Å². The van der Waals surface area contributed by atoms with E-state index in [1.165, 1.54) is 0 Å². The van der Waals surface area contributed by atoms with Gasteiger partial charge in [0.25, 0.3) is 0 Å². The van der Waals surface area contributed by atoms with Crippen LogP contribution in [0.3, 0.4) is 0 Å². The van der Waals surface area contributed by atoms with E-state index in [9.17, 15) is 8.42 Å². The monoisotopic (exact) mass is 358 g/mol. The highest BCUT2D eigenvalue weighted by molar-refractivity contribution is 7.89. The van der Waals surface area contributed by atoms with Gasteiger partial charge in [-0.2, -0.15) is 0 Å². The van der Waals surface area contributed by atoms with Crippen LogP contribution in [0.15, 0.2) is 41.3 Å². The second-order valence-electron chi connectivity index (χ2n) is 6.29. The fourth-order valence-electron chi connectivity index (χ4n) is 2.97. The average molecular weight is 358 g/mol. The maximum atomic E-state index is 12.7. The standard InChI is InChI=1S/C19H22N2O3S/c1-12-8-19(13(2)7-18(12)24-4)25(22,23)20-11-15-5-6-17-16(10-15)9-14(3)21-17/h5-10,20-21H,11H2,1-4H3. The summed E-state index contributed by atoms with van der Waals surface area (Å²) in [6.45, 7) is 5.84. The molecule has 3 rings (SSSR count). The number of H-pyrrole nitrogens is 1. The number of methoxy groups -OCH3 is 1. The SMILES string of the molecule is COc1cc(C)c(S(=O)(=O)NCc2ccc3[nH]c(C)cc3c2)cc1C. The number of nitrogens with one attached hydrogen (secondary N) is 2. The molecule has 0 aliphatic carbocycles. The molecule has 2 N–H and O–H groups in total. The van der Waals surface area contributed by atoms with Crippen molar-refractivity contribution in [3.8, 4) is 5.75 Å². The molecule has 0 saturated carbocycles. The Morgan fingerprint density at radius 3 is 2.52 bits per heavy atom. The molecule has 0 aliphatic rings. The molecule has 0 atom stereocenters. The van der Waals surface area contributed by atoms with E-state index in [1.54, 1.807) is 26.2 Å². The Labute approximate surface area is 148 Å². The highest BCUT2D eigenvalue weighted by atomic mass is 32.2. The second kappa shape index (κ2) is 6.54. The fourth-order valence-corrected chi connectivity index (χ4v) is 4.29. The second-order valence-corrected chi connectivity index (χ2v) is 8.02. The van der Waals surface area contributed by atoms with Crippen LogP contribution in [-0.2, 0) is 16.6 Å². The van der Waals surface area contributed by atoms with Crippen LogP contribution in [0.4, 0.5) is 0 Å². The van der Waals surface area contributed by atoms with Crippen molar-refractivity contribution in [3.63, 3.8) is 0 Å². The van der Waals surface area contributed by atoms with Crippen molar-refractivity contribution in [2.24, 2.45) is 0 Å². The minimum Gasteiger partial charge on any atom is -0.496 e. The third kappa shape index (κ3) is 3.55. The molecule has 0 amide bonds. The van der Waals surface area contributed by atoms with Crippen LogP contribution in [0.25, 0.3) is 10.9 Å². The van der Waals surface area contributed by atoms with Gasteiger partial charge in [-0.1, -0.05) is 6.07 Å². The molecule has 3 aromatic rings. The average Bonchev–Trinajstić information content (AvgIpc) is 2.93. The summed E-state index contributed by atoms with van der Waals surface area (Å²) in [5.41, 5.74) is 4.49. The van der Waals surface area contributed by atoms with Gasteiger partial charge in [-0.15, -0.1) is 0 Å². The molecule has 0 aliphatic heterocycles. The van der Waals surface area contributed by atoms with Gasteiger partial charge in [-0.3, -0.25) is 0 Å². The van der Waals surface area contributed by atoms with Crippen molar-refractivity contribution < 1.29 is 13.2 Å². The maximum absolute atomic E-state index is 12.7. The van der Waals surface area contributed by atoms with Crippen LogP contribution < -0.4 is 9.46 Å². The van der Waals surface area contributed by atoms with Crippen LogP contribution in [0.2, 0.25) is 0 Å². The number of hydrogen-bond acceptors (Lipinski definition) is 3. The van der Waals surface area contributed by atoms with E-state index in [0.29, 0.717) is 11.3 Å². The first kappa shape index (κ1) is 17.5. The van der Waals surface area contributed by atoms with Gasteiger partial charge in [0.2, 0.25) is 10.0 Å². The molecule has 0 fully saturated rings. The van der Waals surface area contributed by atoms with Gasteiger partial charge >= 0.3 is 0 Å². The van der Waals surface area contributed by atoms with Crippen molar-refractivity contribution >= 4 is 20.9 Å². The summed E-state index contributed by atoms with van der Waals surface area (Å²) in [6.07, 6.45) is 0. The Balaban J connectivity index is 1.84. The first-order valence-electron chi connectivity index (χ1n) is 8.03. The molecule has 1 heterocycles. The summed E-state index contributed by atoms with van der Waals surface area (Å²) in [7, 11) is -2.02.